The van der Waals surface area contributed by atoms with Gasteiger partial charge in [-0.25, -0.2) is 0 Å². The summed E-state index contributed by atoms with van der Waals surface area (Å²) in [5.41, 5.74) is 4.23. The molecule has 0 unspecified atom stereocenters. The molecular formula is C34H40F3N3O4. The lowest BCUT2D eigenvalue weighted by Crippen LogP contribution is -2.47. The number of carbonyl (C=O) groups is 2. The SMILES string of the molecule is C[C@@H]1CN([C@@H](C)CO)C(=O)Cc2cc(NC(=O)CCC(F)(F)F)ccc2O[C@H]1CN(C)Cc1ccc(-c2ccccc2)cc1. The Hall–Kier alpha value is -3.89. The highest BCUT2D eigenvalue weighted by Crippen LogP contribution is 2.30. The number of carbonyl (C=O) groups excluding carboxylic acids is 2. The monoisotopic (exact) mass is 611 g/mol. The van der Waals surface area contributed by atoms with E-state index in [0.29, 0.717) is 30.9 Å². The molecule has 0 radical (unpaired) electrons. The van der Waals surface area contributed by atoms with Crippen LogP contribution < -0.4 is 10.1 Å². The number of alkyl halides is 3. The van der Waals surface area contributed by atoms with Gasteiger partial charge in [0.05, 0.1) is 25.5 Å². The third-order valence-corrected chi connectivity index (χ3v) is 7.84. The maximum absolute atomic E-state index is 13.4. The summed E-state index contributed by atoms with van der Waals surface area (Å²) in [6.45, 7) is 5.18. The Morgan fingerprint density at radius 1 is 1.09 bits per heavy atom. The number of amides is 2. The number of likely N-dealkylation sites (N-methyl/N-ethyl adjacent to an activating group) is 1. The summed E-state index contributed by atoms with van der Waals surface area (Å²) in [6, 6.07) is 23.0. The van der Waals surface area contributed by atoms with Crippen molar-refractivity contribution in [2.75, 3.05) is 32.1 Å². The molecule has 10 heteroatoms. The molecule has 1 aliphatic heterocycles. The van der Waals surface area contributed by atoms with Crippen molar-refractivity contribution in [3.8, 4) is 16.9 Å². The minimum Gasteiger partial charge on any atom is -0.488 e. The van der Waals surface area contributed by atoms with Gasteiger partial charge < -0.3 is 20.1 Å². The van der Waals surface area contributed by atoms with E-state index in [1.807, 2.05) is 32.2 Å². The van der Waals surface area contributed by atoms with E-state index in [-0.39, 0.29) is 36.6 Å². The minimum atomic E-state index is -4.43. The number of aliphatic hydroxyl groups is 1. The summed E-state index contributed by atoms with van der Waals surface area (Å²) in [7, 11) is 2.01. The van der Waals surface area contributed by atoms with Gasteiger partial charge in [0.25, 0.3) is 0 Å². The number of hydrogen-bond acceptors (Lipinski definition) is 5. The Morgan fingerprint density at radius 3 is 2.43 bits per heavy atom. The highest BCUT2D eigenvalue weighted by atomic mass is 19.4. The molecule has 0 fully saturated rings. The van der Waals surface area contributed by atoms with Crippen molar-refractivity contribution in [3.63, 3.8) is 0 Å². The molecular weight excluding hydrogens is 571 g/mol. The molecule has 2 amide bonds. The van der Waals surface area contributed by atoms with Crippen LogP contribution in [-0.2, 0) is 22.6 Å². The number of ether oxygens (including phenoxy) is 1. The van der Waals surface area contributed by atoms with Gasteiger partial charge in [-0.3, -0.25) is 14.5 Å². The second-order valence-corrected chi connectivity index (χ2v) is 11.6. The van der Waals surface area contributed by atoms with E-state index in [1.165, 1.54) is 0 Å². The van der Waals surface area contributed by atoms with Crippen LogP contribution in [0, 0.1) is 5.92 Å². The predicted octanol–water partition coefficient (Wildman–Crippen LogP) is 5.92. The maximum Gasteiger partial charge on any atom is 0.389 e. The van der Waals surface area contributed by atoms with Crippen molar-refractivity contribution in [1.82, 2.24) is 9.80 Å². The number of halogens is 3. The molecule has 4 rings (SSSR count). The molecule has 0 bridgehead atoms. The van der Waals surface area contributed by atoms with Crippen molar-refractivity contribution in [1.29, 1.82) is 0 Å². The van der Waals surface area contributed by atoms with E-state index in [4.69, 9.17) is 4.74 Å². The zero-order valence-electron chi connectivity index (χ0n) is 25.3. The van der Waals surface area contributed by atoms with Gasteiger partial charge in [0, 0.05) is 43.2 Å². The molecule has 0 saturated heterocycles. The van der Waals surface area contributed by atoms with Crippen molar-refractivity contribution < 1.29 is 32.6 Å². The lowest BCUT2D eigenvalue weighted by atomic mass is 10.0. The first-order valence-corrected chi connectivity index (χ1v) is 14.8. The van der Waals surface area contributed by atoms with E-state index in [2.05, 4.69) is 46.6 Å². The molecule has 2 N–H and O–H groups in total. The smallest absolute Gasteiger partial charge is 0.389 e. The van der Waals surface area contributed by atoms with Crippen LogP contribution in [0.3, 0.4) is 0 Å². The molecule has 0 aliphatic carbocycles. The zero-order chi connectivity index (χ0) is 31.9. The van der Waals surface area contributed by atoms with Crippen LogP contribution >= 0.6 is 0 Å². The highest BCUT2D eigenvalue weighted by Gasteiger charge is 2.31. The molecule has 3 aromatic rings. The molecule has 3 aromatic carbocycles. The number of aliphatic hydroxyl groups excluding tert-OH is 1. The number of nitrogens with one attached hydrogen (secondary N) is 1. The van der Waals surface area contributed by atoms with Crippen LogP contribution in [0.5, 0.6) is 5.75 Å². The quantitative estimate of drug-likeness (QED) is 0.298. The Labute approximate surface area is 256 Å². The van der Waals surface area contributed by atoms with E-state index in [1.54, 1.807) is 30.0 Å². The Morgan fingerprint density at radius 2 is 1.77 bits per heavy atom. The fraction of sp³-hybridized carbons (Fsp3) is 0.412. The number of anilines is 1. The molecule has 1 aliphatic rings. The molecule has 0 aromatic heterocycles. The highest BCUT2D eigenvalue weighted by molar-refractivity contribution is 5.91. The third-order valence-electron chi connectivity index (χ3n) is 7.84. The van der Waals surface area contributed by atoms with Crippen LogP contribution in [-0.4, -0.2) is 71.8 Å². The standard InChI is InChI=1S/C34H40F3N3O4/c1-23-19-40(24(2)22-41)33(43)18-28-17-29(38-32(42)15-16-34(35,36)37)13-14-30(28)44-31(23)21-39(3)20-25-9-11-27(12-10-25)26-7-5-4-6-8-26/h4-14,17,23-24,31,41H,15-16,18-22H2,1-3H3,(H,38,42)/t23-,24+,31+/m1/s1. The lowest BCUT2D eigenvalue weighted by Gasteiger charge is -2.34. The second kappa shape index (κ2) is 14.7. The molecule has 44 heavy (non-hydrogen) atoms. The number of fused-ring (bicyclic) bond motifs is 1. The molecule has 0 spiro atoms. The first kappa shape index (κ1) is 33.0. The number of hydrogen-bond donors (Lipinski definition) is 2. The van der Waals surface area contributed by atoms with Gasteiger partial charge in [0.2, 0.25) is 11.8 Å². The number of nitrogens with zero attached hydrogens (tertiary/aromatic N) is 2. The van der Waals surface area contributed by atoms with Crippen LogP contribution in [0.1, 0.15) is 37.8 Å². The molecule has 0 saturated carbocycles. The third kappa shape index (κ3) is 9.30. The molecule has 1 heterocycles. The first-order chi connectivity index (χ1) is 20.9. The van der Waals surface area contributed by atoms with Crippen molar-refractivity contribution in [3.05, 3.63) is 83.9 Å². The van der Waals surface area contributed by atoms with Crippen molar-refractivity contribution in [2.24, 2.45) is 5.92 Å². The Balaban J connectivity index is 1.52. The van der Waals surface area contributed by atoms with Gasteiger partial charge in [-0.05, 0) is 48.9 Å². The van der Waals surface area contributed by atoms with Gasteiger partial charge in [-0.2, -0.15) is 13.2 Å². The van der Waals surface area contributed by atoms with Gasteiger partial charge >= 0.3 is 6.18 Å². The first-order valence-electron chi connectivity index (χ1n) is 14.8. The summed E-state index contributed by atoms with van der Waals surface area (Å²) in [4.78, 5) is 29.4. The van der Waals surface area contributed by atoms with E-state index >= 15 is 0 Å². The predicted molar refractivity (Wildman–Crippen MR) is 164 cm³/mol. The normalized spacial score (nSPS) is 18.1. The van der Waals surface area contributed by atoms with Gasteiger partial charge in [-0.1, -0.05) is 61.5 Å². The van der Waals surface area contributed by atoms with E-state index in [0.717, 1.165) is 16.7 Å². The van der Waals surface area contributed by atoms with Crippen LogP contribution in [0.15, 0.2) is 72.8 Å². The van der Waals surface area contributed by atoms with Gasteiger partial charge in [0.15, 0.2) is 0 Å². The van der Waals surface area contributed by atoms with Gasteiger partial charge in [-0.15, -0.1) is 0 Å². The summed E-state index contributed by atoms with van der Waals surface area (Å²) in [5, 5.41) is 12.4. The van der Waals surface area contributed by atoms with E-state index in [9.17, 15) is 27.9 Å². The number of benzene rings is 3. The fourth-order valence-corrected chi connectivity index (χ4v) is 5.32. The summed E-state index contributed by atoms with van der Waals surface area (Å²) in [6.07, 6.45) is -6.72. The topological polar surface area (TPSA) is 82.1 Å². The summed E-state index contributed by atoms with van der Waals surface area (Å²) < 4.78 is 44.3. The largest absolute Gasteiger partial charge is 0.488 e. The fourth-order valence-electron chi connectivity index (χ4n) is 5.32. The van der Waals surface area contributed by atoms with Crippen molar-refractivity contribution in [2.45, 2.75) is 58.0 Å². The maximum atomic E-state index is 13.4. The van der Waals surface area contributed by atoms with Gasteiger partial charge in [0.1, 0.15) is 11.9 Å². The van der Waals surface area contributed by atoms with Crippen LogP contribution in [0.25, 0.3) is 11.1 Å². The molecule has 236 valence electrons. The zero-order valence-corrected chi connectivity index (χ0v) is 25.3. The Bertz CT molecular complexity index is 1400. The van der Waals surface area contributed by atoms with Crippen LogP contribution in [0.2, 0.25) is 0 Å². The lowest BCUT2D eigenvalue weighted by molar-refractivity contribution is -0.142. The summed E-state index contributed by atoms with van der Waals surface area (Å²) >= 11 is 0. The second-order valence-electron chi connectivity index (χ2n) is 11.6. The van der Waals surface area contributed by atoms with Crippen molar-refractivity contribution >= 4 is 17.5 Å². The van der Waals surface area contributed by atoms with E-state index < -0.39 is 31.0 Å². The minimum absolute atomic E-state index is 0.0466. The Kier molecular flexibility index (Phi) is 11.0. The summed E-state index contributed by atoms with van der Waals surface area (Å²) in [5.74, 6) is -0.597. The van der Waals surface area contributed by atoms with Crippen LogP contribution in [0.4, 0.5) is 18.9 Å². The molecule has 7 nitrogen and oxygen atoms in total. The average Bonchev–Trinajstić information content (AvgIpc) is 3.03. The molecule has 3 atom stereocenters. The average molecular weight is 612 g/mol. The number of rotatable bonds is 10.